The van der Waals surface area contributed by atoms with Crippen molar-refractivity contribution in [3.8, 4) is 0 Å². The first-order valence-corrected chi connectivity index (χ1v) is 9.38. The minimum Gasteiger partial charge on any atom is -0.392 e. The Morgan fingerprint density at radius 2 is 1.78 bits per heavy atom. The fourth-order valence-electron chi connectivity index (χ4n) is 3.61. The number of ether oxygens (including phenoxy) is 1. The highest BCUT2D eigenvalue weighted by molar-refractivity contribution is 5.79. The molecule has 3 rings (SSSR count). The van der Waals surface area contributed by atoms with Crippen LogP contribution in [0.5, 0.6) is 0 Å². The molecule has 27 heavy (non-hydrogen) atoms. The first kappa shape index (κ1) is 19.5. The third-order valence-corrected chi connectivity index (χ3v) is 4.92. The summed E-state index contributed by atoms with van der Waals surface area (Å²) in [4.78, 5) is 17.2. The fourth-order valence-corrected chi connectivity index (χ4v) is 3.61. The van der Waals surface area contributed by atoms with Crippen LogP contribution in [0.15, 0.2) is 54.6 Å². The van der Waals surface area contributed by atoms with Crippen LogP contribution >= 0.6 is 0 Å². The molecule has 5 nitrogen and oxygen atoms in total. The van der Waals surface area contributed by atoms with Gasteiger partial charge in [-0.05, 0) is 30.8 Å². The number of aliphatic hydroxyl groups excluding tert-OH is 1. The third kappa shape index (κ3) is 4.95. The van der Waals surface area contributed by atoms with E-state index in [9.17, 15) is 9.90 Å². The van der Waals surface area contributed by atoms with Crippen molar-refractivity contribution in [3.63, 3.8) is 0 Å². The lowest BCUT2D eigenvalue weighted by molar-refractivity contribution is -0.147. The van der Waals surface area contributed by atoms with Gasteiger partial charge >= 0.3 is 0 Å². The van der Waals surface area contributed by atoms with Crippen molar-refractivity contribution in [2.75, 3.05) is 33.8 Å². The molecule has 0 aromatic heterocycles. The van der Waals surface area contributed by atoms with Gasteiger partial charge in [0.05, 0.1) is 31.8 Å². The number of carbonyl (C=O) groups is 1. The highest BCUT2D eigenvalue weighted by Gasteiger charge is 2.36. The molecule has 2 aromatic carbocycles. The highest BCUT2D eigenvalue weighted by atomic mass is 16.5. The number of hydrogen-bond donors (Lipinski definition) is 1. The van der Waals surface area contributed by atoms with Gasteiger partial charge in [0, 0.05) is 13.1 Å². The summed E-state index contributed by atoms with van der Waals surface area (Å²) >= 11 is 0. The molecule has 144 valence electrons. The van der Waals surface area contributed by atoms with Gasteiger partial charge in [0.15, 0.2) is 0 Å². The molecule has 0 bridgehead atoms. The van der Waals surface area contributed by atoms with Gasteiger partial charge in [-0.25, -0.2) is 0 Å². The van der Waals surface area contributed by atoms with E-state index in [1.807, 2.05) is 61.5 Å². The second kappa shape index (κ2) is 9.13. The minimum atomic E-state index is -0.0911. The molecular weight excluding hydrogens is 340 g/mol. The summed E-state index contributed by atoms with van der Waals surface area (Å²) in [5, 5.41) is 9.18. The number of morpholine rings is 1. The van der Waals surface area contributed by atoms with E-state index >= 15 is 0 Å². The molecule has 1 saturated heterocycles. The normalized spacial score (nSPS) is 20.1. The maximum absolute atomic E-state index is 13.1. The average Bonchev–Trinajstić information content (AvgIpc) is 2.68. The average molecular weight is 368 g/mol. The second-order valence-corrected chi connectivity index (χ2v) is 7.27. The zero-order chi connectivity index (χ0) is 19.2. The van der Waals surface area contributed by atoms with Crippen molar-refractivity contribution in [2.45, 2.75) is 25.2 Å². The predicted octanol–water partition coefficient (Wildman–Crippen LogP) is 2.25. The fraction of sp³-hybridized carbons (Fsp3) is 0.409. The van der Waals surface area contributed by atoms with Gasteiger partial charge in [-0.2, -0.15) is 0 Å². The van der Waals surface area contributed by atoms with Crippen LogP contribution in [0.2, 0.25) is 0 Å². The van der Waals surface area contributed by atoms with Crippen molar-refractivity contribution in [1.82, 2.24) is 9.80 Å². The molecule has 1 aliphatic rings. The van der Waals surface area contributed by atoms with E-state index in [2.05, 4.69) is 17.0 Å². The van der Waals surface area contributed by atoms with E-state index < -0.39 is 0 Å². The Bertz CT molecular complexity index is 731. The van der Waals surface area contributed by atoms with E-state index in [0.29, 0.717) is 19.6 Å². The van der Waals surface area contributed by atoms with E-state index in [1.54, 1.807) is 0 Å². The number of amides is 1. The first-order chi connectivity index (χ1) is 13.1. The molecule has 0 radical (unpaired) electrons. The molecule has 2 aromatic rings. The van der Waals surface area contributed by atoms with Crippen molar-refractivity contribution in [2.24, 2.45) is 0 Å². The number of likely N-dealkylation sites (N-methyl/N-ethyl adjacent to an activating group) is 1. The second-order valence-electron chi connectivity index (χ2n) is 7.27. The van der Waals surface area contributed by atoms with Gasteiger partial charge in [-0.1, -0.05) is 54.6 Å². The topological polar surface area (TPSA) is 53.0 Å². The monoisotopic (exact) mass is 368 g/mol. The SMILES string of the molecule is CN(C)C[C@@H]1OCCN(C(=O)Cc2ccc(CO)cc2)[C@H]1c1ccccc1. The summed E-state index contributed by atoms with van der Waals surface area (Å²) < 4.78 is 6.05. The van der Waals surface area contributed by atoms with Gasteiger partial charge in [-0.15, -0.1) is 0 Å². The summed E-state index contributed by atoms with van der Waals surface area (Å²) in [5.74, 6) is 0.104. The number of nitrogens with zero attached hydrogens (tertiary/aromatic N) is 2. The quantitative estimate of drug-likeness (QED) is 0.850. The van der Waals surface area contributed by atoms with Crippen molar-refractivity contribution >= 4 is 5.91 Å². The third-order valence-electron chi connectivity index (χ3n) is 4.92. The van der Waals surface area contributed by atoms with Crippen LogP contribution in [-0.4, -0.2) is 60.7 Å². The maximum Gasteiger partial charge on any atom is 0.227 e. The summed E-state index contributed by atoms with van der Waals surface area (Å²) in [6.45, 7) is 1.92. The lowest BCUT2D eigenvalue weighted by Crippen LogP contribution is -2.51. The van der Waals surface area contributed by atoms with E-state index in [0.717, 1.165) is 23.2 Å². The molecule has 1 amide bonds. The molecule has 1 aliphatic heterocycles. The Morgan fingerprint density at radius 1 is 1.11 bits per heavy atom. The van der Waals surface area contributed by atoms with Gasteiger partial charge in [-0.3, -0.25) is 4.79 Å². The molecule has 0 saturated carbocycles. The van der Waals surface area contributed by atoms with Gasteiger partial charge in [0.2, 0.25) is 5.91 Å². The van der Waals surface area contributed by atoms with E-state index in [-0.39, 0.29) is 24.7 Å². The summed E-state index contributed by atoms with van der Waals surface area (Å²) in [6.07, 6.45) is 0.292. The number of hydrogen-bond acceptors (Lipinski definition) is 4. The van der Waals surface area contributed by atoms with Crippen molar-refractivity contribution < 1.29 is 14.6 Å². The zero-order valence-corrected chi connectivity index (χ0v) is 16.0. The molecule has 0 aliphatic carbocycles. The largest absolute Gasteiger partial charge is 0.392 e. The van der Waals surface area contributed by atoms with Crippen LogP contribution in [-0.2, 0) is 22.6 Å². The molecular formula is C22H28N2O3. The lowest BCUT2D eigenvalue weighted by Gasteiger charge is -2.42. The van der Waals surface area contributed by atoms with Gasteiger partial charge in [0.1, 0.15) is 0 Å². The number of rotatable bonds is 6. The van der Waals surface area contributed by atoms with Crippen LogP contribution in [0.25, 0.3) is 0 Å². The summed E-state index contributed by atoms with van der Waals surface area (Å²) in [6, 6.07) is 17.6. The Kier molecular flexibility index (Phi) is 6.61. The Morgan fingerprint density at radius 3 is 2.41 bits per heavy atom. The smallest absolute Gasteiger partial charge is 0.227 e. The molecule has 1 N–H and O–H groups in total. The van der Waals surface area contributed by atoms with Gasteiger partial charge < -0.3 is 19.6 Å². The minimum absolute atomic E-state index is 0.0139. The molecule has 0 spiro atoms. The van der Waals surface area contributed by atoms with E-state index in [1.165, 1.54) is 0 Å². The Hall–Kier alpha value is -2.21. The van der Waals surface area contributed by atoms with Crippen molar-refractivity contribution in [1.29, 1.82) is 0 Å². The highest BCUT2D eigenvalue weighted by Crippen LogP contribution is 2.30. The molecule has 5 heteroatoms. The maximum atomic E-state index is 13.1. The Labute approximate surface area is 161 Å². The standard InChI is InChI=1S/C22H28N2O3/c1-23(2)15-20-22(19-6-4-3-5-7-19)24(12-13-27-20)21(26)14-17-8-10-18(16-25)11-9-17/h3-11,20,22,25H,12-16H2,1-2H3/t20-,22-/m0/s1. The van der Waals surface area contributed by atoms with Crippen LogP contribution in [0.1, 0.15) is 22.7 Å². The van der Waals surface area contributed by atoms with Crippen LogP contribution in [0.4, 0.5) is 0 Å². The van der Waals surface area contributed by atoms with Crippen LogP contribution in [0, 0.1) is 0 Å². The summed E-state index contributed by atoms with van der Waals surface area (Å²) in [5.41, 5.74) is 2.92. The Balaban J connectivity index is 1.82. The zero-order valence-electron chi connectivity index (χ0n) is 16.0. The van der Waals surface area contributed by atoms with Gasteiger partial charge in [0.25, 0.3) is 0 Å². The number of aliphatic hydroxyl groups is 1. The molecule has 0 unspecified atom stereocenters. The molecule has 1 fully saturated rings. The number of benzene rings is 2. The van der Waals surface area contributed by atoms with Crippen LogP contribution in [0.3, 0.4) is 0 Å². The summed E-state index contributed by atoms with van der Waals surface area (Å²) in [7, 11) is 4.05. The predicted molar refractivity (Wildman–Crippen MR) is 105 cm³/mol. The lowest BCUT2D eigenvalue weighted by atomic mass is 9.96. The van der Waals surface area contributed by atoms with E-state index in [4.69, 9.17) is 4.74 Å². The number of carbonyl (C=O) groups excluding carboxylic acids is 1. The van der Waals surface area contributed by atoms with Crippen LogP contribution < -0.4 is 0 Å². The molecule has 1 heterocycles. The first-order valence-electron chi connectivity index (χ1n) is 9.38. The molecule has 2 atom stereocenters. The van der Waals surface area contributed by atoms with Crippen molar-refractivity contribution in [3.05, 3.63) is 71.3 Å².